The highest BCUT2D eigenvalue weighted by molar-refractivity contribution is 7.45. The maximum Gasteiger partial charge on any atom is 0.164 e. The van der Waals surface area contributed by atoms with Gasteiger partial charge in [-0.25, -0.2) is 0 Å². The van der Waals surface area contributed by atoms with E-state index < -0.39 is 8.38 Å². The van der Waals surface area contributed by atoms with E-state index in [1.165, 1.54) is 11.1 Å². The van der Waals surface area contributed by atoms with Crippen LogP contribution in [-0.2, 0) is 13.1 Å². The lowest BCUT2D eigenvalue weighted by atomic mass is 10.1. The minimum atomic E-state index is -1.78. The molecule has 21 heavy (non-hydrogen) atoms. The molecule has 0 saturated carbocycles. The van der Waals surface area contributed by atoms with E-state index in [4.69, 9.17) is 9.79 Å². The topological polar surface area (TPSA) is 43.7 Å². The Morgan fingerprint density at radius 1 is 0.762 bits per heavy atom. The lowest BCUT2D eigenvalue weighted by molar-refractivity contribution is 0.257. The average Bonchev–Trinajstić information content (AvgIpc) is 2.49. The number of benzene rings is 2. The van der Waals surface area contributed by atoms with Crippen LogP contribution in [0.25, 0.3) is 0 Å². The fourth-order valence-electron chi connectivity index (χ4n) is 2.33. The zero-order valence-electron chi connectivity index (χ0n) is 12.1. The third kappa shape index (κ3) is 6.36. The summed E-state index contributed by atoms with van der Waals surface area (Å²) >= 11 is 0. The molecule has 0 saturated heterocycles. The smallest absolute Gasteiger partial charge is 0.164 e. The molecule has 0 aliphatic rings. The SMILES string of the molecule is OP(O)CCCN(Cc1ccccc1)Cc1ccccc1. The van der Waals surface area contributed by atoms with E-state index in [0.717, 1.165) is 26.1 Å². The number of rotatable bonds is 8. The number of hydrogen-bond donors (Lipinski definition) is 2. The van der Waals surface area contributed by atoms with Gasteiger partial charge in [-0.3, -0.25) is 4.90 Å². The molecule has 0 aromatic heterocycles. The Kier molecular flexibility index (Phi) is 6.84. The summed E-state index contributed by atoms with van der Waals surface area (Å²) in [6, 6.07) is 20.8. The largest absolute Gasteiger partial charge is 0.350 e. The molecule has 0 fully saturated rings. The second kappa shape index (κ2) is 8.91. The molecule has 2 N–H and O–H groups in total. The fraction of sp³-hybridized carbons (Fsp3) is 0.294. The molecule has 112 valence electrons. The molecule has 0 spiro atoms. The van der Waals surface area contributed by atoms with Gasteiger partial charge in [0.1, 0.15) is 0 Å². The molecule has 0 amide bonds. The van der Waals surface area contributed by atoms with Gasteiger partial charge in [-0.15, -0.1) is 0 Å². The molecule has 0 radical (unpaired) electrons. The van der Waals surface area contributed by atoms with Gasteiger partial charge < -0.3 is 9.79 Å². The van der Waals surface area contributed by atoms with Crippen molar-refractivity contribution in [2.75, 3.05) is 12.7 Å². The van der Waals surface area contributed by atoms with Crippen molar-refractivity contribution in [3.05, 3.63) is 71.8 Å². The Bertz CT molecular complexity index is 463. The van der Waals surface area contributed by atoms with Crippen LogP contribution in [0.1, 0.15) is 17.5 Å². The van der Waals surface area contributed by atoms with Crippen LogP contribution in [0.4, 0.5) is 0 Å². The van der Waals surface area contributed by atoms with E-state index in [1.54, 1.807) is 0 Å². The molecule has 4 heteroatoms. The first-order chi connectivity index (χ1) is 10.2. The van der Waals surface area contributed by atoms with Crippen LogP contribution in [0, 0.1) is 0 Å². The van der Waals surface area contributed by atoms with E-state index in [1.807, 2.05) is 12.1 Å². The first-order valence-electron chi connectivity index (χ1n) is 7.19. The highest BCUT2D eigenvalue weighted by Gasteiger charge is 2.08. The van der Waals surface area contributed by atoms with E-state index in [2.05, 4.69) is 53.4 Å². The zero-order valence-corrected chi connectivity index (χ0v) is 13.0. The molecule has 0 aliphatic carbocycles. The number of hydrogen-bond acceptors (Lipinski definition) is 3. The summed E-state index contributed by atoms with van der Waals surface area (Å²) in [7, 11) is -1.78. The molecule has 0 bridgehead atoms. The van der Waals surface area contributed by atoms with Crippen LogP contribution in [0.15, 0.2) is 60.7 Å². The van der Waals surface area contributed by atoms with Crippen LogP contribution in [0.5, 0.6) is 0 Å². The average molecular weight is 303 g/mol. The monoisotopic (exact) mass is 303 g/mol. The Morgan fingerprint density at radius 3 is 1.67 bits per heavy atom. The summed E-state index contributed by atoms with van der Waals surface area (Å²) in [4.78, 5) is 20.4. The summed E-state index contributed by atoms with van der Waals surface area (Å²) in [6.07, 6.45) is 1.29. The lowest BCUT2D eigenvalue weighted by Crippen LogP contribution is -2.24. The van der Waals surface area contributed by atoms with E-state index >= 15 is 0 Å². The maximum absolute atomic E-state index is 9.05. The zero-order chi connectivity index (χ0) is 14.9. The van der Waals surface area contributed by atoms with Crippen molar-refractivity contribution >= 4 is 8.38 Å². The third-order valence-corrected chi connectivity index (χ3v) is 4.05. The molecule has 0 aliphatic heterocycles. The number of nitrogens with zero attached hydrogens (tertiary/aromatic N) is 1. The first-order valence-corrected chi connectivity index (χ1v) is 8.63. The standard InChI is InChI=1S/C17H22NO2P/c19-21(20)13-7-12-18(14-16-8-3-1-4-9-16)15-17-10-5-2-6-11-17/h1-6,8-11,19-20H,7,12-15H2. The first kappa shape index (κ1) is 16.1. The Balaban J connectivity index is 1.96. The summed E-state index contributed by atoms with van der Waals surface area (Å²) in [5.74, 6) is 0. The van der Waals surface area contributed by atoms with Crippen molar-refractivity contribution in [1.82, 2.24) is 4.90 Å². The minimum Gasteiger partial charge on any atom is -0.350 e. The van der Waals surface area contributed by atoms with Crippen molar-refractivity contribution in [2.24, 2.45) is 0 Å². The molecular formula is C17H22NO2P. The van der Waals surface area contributed by atoms with Crippen LogP contribution >= 0.6 is 8.38 Å². The van der Waals surface area contributed by atoms with Crippen LogP contribution in [0.2, 0.25) is 0 Å². The van der Waals surface area contributed by atoms with Crippen LogP contribution < -0.4 is 0 Å². The molecule has 2 rings (SSSR count). The van der Waals surface area contributed by atoms with Crippen molar-refractivity contribution in [3.63, 3.8) is 0 Å². The van der Waals surface area contributed by atoms with Gasteiger partial charge in [0, 0.05) is 19.3 Å². The Morgan fingerprint density at radius 2 is 1.24 bits per heavy atom. The van der Waals surface area contributed by atoms with Gasteiger partial charge in [-0.2, -0.15) is 0 Å². The lowest BCUT2D eigenvalue weighted by Gasteiger charge is -2.22. The predicted octanol–water partition coefficient (Wildman–Crippen LogP) is 3.38. The van der Waals surface area contributed by atoms with Crippen molar-refractivity contribution < 1.29 is 9.79 Å². The van der Waals surface area contributed by atoms with Gasteiger partial charge in [0.15, 0.2) is 8.38 Å². The van der Waals surface area contributed by atoms with Gasteiger partial charge in [0.2, 0.25) is 0 Å². The van der Waals surface area contributed by atoms with E-state index in [9.17, 15) is 0 Å². The van der Waals surface area contributed by atoms with Gasteiger partial charge in [-0.05, 0) is 24.1 Å². The third-order valence-electron chi connectivity index (χ3n) is 3.33. The Hall–Kier alpha value is -1.25. The van der Waals surface area contributed by atoms with Crippen LogP contribution in [-0.4, -0.2) is 27.4 Å². The molecular weight excluding hydrogens is 281 g/mol. The molecule has 2 aromatic carbocycles. The van der Waals surface area contributed by atoms with Crippen LogP contribution in [0.3, 0.4) is 0 Å². The molecule has 3 nitrogen and oxygen atoms in total. The maximum atomic E-state index is 9.05. The van der Waals surface area contributed by atoms with Gasteiger partial charge >= 0.3 is 0 Å². The minimum absolute atomic E-state index is 0.482. The predicted molar refractivity (Wildman–Crippen MR) is 87.8 cm³/mol. The Labute approximate surface area is 127 Å². The normalized spacial score (nSPS) is 11.2. The summed E-state index contributed by atoms with van der Waals surface area (Å²) in [5, 5.41) is 0. The van der Waals surface area contributed by atoms with Crippen molar-refractivity contribution in [2.45, 2.75) is 19.5 Å². The van der Waals surface area contributed by atoms with Gasteiger partial charge in [-0.1, -0.05) is 60.7 Å². The summed E-state index contributed by atoms with van der Waals surface area (Å²) in [6.45, 7) is 2.62. The quantitative estimate of drug-likeness (QED) is 0.735. The molecule has 0 heterocycles. The van der Waals surface area contributed by atoms with Gasteiger partial charge in [0.05, 0.1) is 0 Å². The van der Waals surface area contributed by atoms with Crippen molar-refractivity contribution in [3.8, 4) is 0 Å². The molecule has 2 aromatic rings. The molecule has 0 unspecified atom stereocenters. The van der Waals surface area contributed by atoms with E-state index in [0.29, 0.717) is 6.16 Å². The summed E-state index contributed by atoms with van der Waals surface area (Å²) < 4.78 is 0. The second-order valence-electron chi connectivity index (χ2n) is 5.13. The second-order valence-corrected chi connectivity index (χ2v) is 6.32. The van der Waals surface area contributed by atoms with Crippen molar-refractivity contribution in [1.29, 1.82) is 0 Å². The molecule has 0 atom stereocenters. The highest BCUT2D eigenvalue weighted by Crippen LogP contribution is 2.23. The van der Waals surface area contributed by atoms with E-state index in [-0.39, 0.29) is 0 Å². The van der Waals surface area contributed by atoms with Gasteiger partial charge in [0.25, 0.3) is 0 Å². The summed E-state index contributed by atoms with van der Waals surface area (Å²) in [5.41, 5.74) is 2.56. The fourth-order valence-corrected chi connectivity index (χ4v) is 2.76. The highest BCUT2D eigenvalue weighted by atomic mass is 31.2.